The minimum atomic E-state index is 0.232. The van der Waals surface area contributed by atoms with Gasteiger partial charge in [-0.25, -0.2) is 4.68 Å². The van der Waals surface area contributed by atoms with Gasteiger partial charge in [-0.05, 0) is 25.7 Å². The Bertz CT molecular complexity index is 279. The van der Waals surface area contributed by atoms with Crippen LogP contribution in [0.1, 0.15) is 43.8 Å². The molecule has 0 spiro atoms. The van der Waals surface area contributed by atoms with Crippen molar-refractivity contribution < 1.29 is 5.11 Å². The second kappa shape index (κ2) is 4.55. The Kier molecular flexibility index (Phi) is 3.14. The van der Waals surface area contributed by atoms with Gasteiger partial charge in [0.2, 0.25) is 0 Å². The molecule has 0 aromatic carbocycles. The lowest BCUT2D eigenvalue weighted by Gasteiger charge is -2.06. The van der Waals surface area contributed by atoms with E-state index >= 15 is 0 Å². The van der Waals surface area contributed by atoms with Crippen LogP contribution in [-0.4, -0.2) is 26.7 Å². The maximum Gasteiger partial charge on any atom is 0.0828 e. The van der Waals surface area contributed by atoms with Gasteiger partial charge in [-0.3, -0.25) is 0 Å². The van der Waals surface area contributed by atoms with Crippen LogP contribution in [0.25, 0.3) is 0 Å². The SMILES string of the molecule is OCCCc1cn(C2CCCC2)nn1. The standard InChI is InChI=1S/C10H17N3O/c14-7-3-4-9-8-13(12-11-9)10-5-1-2-6-10/h8,10,14H,1-7H2. The van der Waals surface area contributed by atoms with Gasteiger partial charge >= 0.3 is 0 Å². The lowest BCUT2D eigenvalue weighted by molar-refractivity contribution is 0.288. The molecule has 0 radical (unpaired) electrons. The number of aromatic nitrogens is 3. The lowest BCUT2D eigenvalue weighted by Crippen LogP contribution is -2.04. The fourth-order valence-corrected chi connectivity index (χ4v) is 2.04. The number of nitrogens with zero attached hydrogens (tertiary/aromatic N) is 3. The van der Waals surface area contributed by atoms with Crippen molar-refractivity contribution in [2.75, 3.05) is 6.61 Å². The molecule has 0 aliphatic heterocycles. The Labute approximate surface area is 83.9 Å². The summed E-state index contributed by atoms with van der Waals surface area (Å²) in [5.41, 5.74) is 1.01. The molecule has 1 fully saturated rings. The van der Waals surface area contributed by atoms with Gasteiger partial charge in [-0.2, -0.15) is 0 Å². The molecule has 1 aromatic rings. The molecule has 2 rings (SSSR count). The second-order valence-corrected chi connectivity index (χ2v) is 3.96. The third-order valence-corrected chi connectivity index (χ3v) is 2.85. The Balaban J connectivity index is 1.94. The molecule has 0 atom stereocenters. The first-order chi connectivity index (χ1) is 6.90. The van der Waals surface area contributed by atoms with Gasteiger partial charge in [0.25, 0.3) is 0 Å². The van der Waals surface area contributed by atoms with E-state index in [1.807, 2.05) is 10.9 Å². The first-order valence-corrected chi connectivity index (χ1v) is 5.41. The van der Waals surface area contributed by atoms with E-state index < -0.39 is 0 Å². The highest BCUT2D eigenvalue weighted by atomic mass is 16.2. The summed E-state index contributed by atoms with van der Waals surface area (Å²) in [5, 5.41) is 16.9. The zero-order valence-corrected chi connectivity index (χ0v) is 8.39. The first-order valence-electron chi connectivity index (χ1n) is 5.41. The van der Waals surface area contributed by atoms with E-state index in [0.717, 1.165) is 18.5 Å². The number of aliphatic hydroxyl groups is 1. The van der Waals surface area contributed by atoms with Crippen LogP contribution in [0.2, 0.25) is 0 Å². The number of aliphatic hydroxyl groups excluding tert-OH is 1. The minimum absolute atomic E-state index is 0.232. The number of hydrogen-bond donors (Lipinski definition) is 1. The van der Waals surface area contributed by atoms with Gasteiger partial charge in [0.05, 0.1) is 11.7 Å². The molecule has 14 heavy (non-hydrogen) atoms. The van der Waals surface area contributed by atoms with Gasteiger partial charge in [-0.1, -0.05) is 18.1 Å². The Morgan fingerprint density at radius 2 is 2.21 bits per heavy atom. The number of hydrogen-bond acceptors (Lipinski definition) is 3. The highest BCUT2D eigenvalue weighted by Crippen LogP contribution is 2.28. The van der Waals surface area contributed by atoms with Crippen LogP contribution < -0.4 is 0 Å². The van der Waals surface area contributed by atoms with Crippen molar-refractivity contribution in [2.24, 2.45) is 0 Å². The average molecular weight is 195 g/mol. The topological polar surface area (TPSA) is 50.9 Å². The summed E-state index contributed by atoms with van der Waals surface area (Å²) in [6.07, 6.45) is 8.76. The molecule has 0 amide bonds. The molecule has 0 bridgehead atoms. The summed E-state index contributed by atoms with van der Waals surface area (Å²) < 4.78 is 2.00. The summed E-state index contributed by atoms with van der Waals surface area (Å²) in [6, 6.07) is 0.574. The minimum Gasteiger partial charge on any atom is -0.396 e. The van der Waals surface area contributed by atoms with Crippen LogP contribution >= 0.6 is 0 Å². The maximum absolute atomic E-state index is 8.69. The third kappa shape index (κ3) is 2.12. The molecule has 4 heteroatoms. The summed E-state index contributed by atoms with van der Waals surface area (Å²) in [4.78, 5) is 0. The quantitative estimate of drug-likeness (QED) is 0.788. The molecule has 0 unspecified atom stereocenters. The van der Waals surface area contributed by atoms with E-state index in [0.29, 0.717) is 6.04 Å². The third-order valence-electron chi connectivity index (χ3n) is 2.85. The molecule has 1 heterocycles. The number of rotatable bonds is 4. The predicted octanol–water partition coefficient (Wildman–Crippen LogP) is 1.32. The molecule has 1 saturated carbocycles. The largest absolute Gasteiger partial charge is 0.396 e. The van der Waals surface area contributed by atoms with Crippen LogP contribution in [0, 0.1) is 0 Å². The predicted molar refractivity (Wildman–Crippen MR) is 52.9 cm³/mol. The van der Waals surface area contributed by atoms with E-state index in [1.54, 1.807) is 0 Å². The second-order valence-electron chi connectivity index (χ2n) is 3.96. The van der Waals surface area contributed by atoms with Crippen LogP contribution in [0.5, 0.6) is 0 Å². The molecule has 1 aliphatic rings. The van der Waals surface area contributed by atoms with Crippen molar-refractivity contribution in [3.05, 3.63) is 11.9 Å². The summed E-state index contributed by atoms with van der Waals surface area (Å²) in [5.74, 6) is 0. The van der Waals surface area contributed by atoms with Crippen LogP contribution in [0.3, 0.4) is 0 Å². The molecule has 1 aliphatic carbocycles. The normalized spacial score (nSPS) is 17.8. The Morgan fingerprint density at radius 3 is 2.93 bits per heavy atom. The molecular weight excluding hydrogens is 178 g/mol. The molecule has 1 aromatic heterocycles. The lowest BCUT2D eigenvalue weighted by atomic mass is 10.2. The average Bonchev–Trinajstić information content (AvgIpc) is 2.85. The zero-order valence-electron chi connectivity index (χ0n) is 8.39. The maximum atomic E-state index is 8.69. The first kappa shape index (κ1) is 9.65. The van der Waals surface area contributed by atoms with Crippen molar-refractivity contribution in [3.8, 4) is 0 Å². The van der Waals surface area contributed by atoms with Crippen LogP contribution in [-0.2, 0) is 6.42 Å². The summed E-state index contributed by atoms with van der Waals surface area (Å²) in [6.45, 7) is 0.232. The van der Waals surface area contributed by atoms with Crippen molar-refractivity contribution in [2.45, 2.75) is 44.6 Å². The molecular formula is C10H17N3O. The van der Waals surface area contributed by atoms with Crippen LogP contribution in [0.15, 0.2) is 6.20 Å². The summed E-state index contributed by atoms with van der Waals surface area (Å²) in [7, 11) is 0. The van der Waals surface area contributed by atoms with E-state index in [-0.39, 0.29) is 6.61 Å². The smallest absolute Gasteiger partial charge is 0.0828 e. The number of aryl methyl sites for hydroxylation is 1. The van der Waals surface area contributed by atoms with Crippen molar-refractivity contribution >= 4 is 0 Å². The van der Waals surface area contributed by atoms with E-state index in [9.17, 15) is 0 Å². The highest BCUT2D eigenvalue weighted by molar-refractivity contribution is 4.94. The zero-order chi connectivity index (χ0) is 9.80. The molecule has 1 N–H and O–H groups in total. The van der Waals surface area contributed by atoms with E-state index in [2.05, 4.69) is 10.3 Å². The van der Waals surface area contributed by atoms with Gasteiger partial charge < -0.3 is 5.11 Å². The van der Waals surface area contributed by atoms with Gasteiger partial charge in [0.1, 0.15) is 0 Å². The molecule has 0 saturated heterocycles. The fraction of sp³-hybridized carbons (Fsp3) is 0.800. The monoisotopic (exact) mass is 195 g/mol. The van der Waals surface area contributed by atoms with Crippen LogP contribution in [0.4, 0.5) is 0 Å². The summed E-state index contributed by atoms with van der Waals surface area (Å²) >= 11 is 0. The van der Waals surface area contributed by atoms with Crippen molar-refractivity contribution in [1.82, 2.24) is 15.0 Å². The van der Waals surface area contributed by atoms with E-state index in [1.165, 1.54) is 25.7 Å². The Morgan fingerprint density at radius 1 is 1.43 bits per heavy atom. The molecule has 78 valence electrons. The van der Waals surface area contributed by atoms with Crippen molar-refractivity contribution in [1.29, 1.82) is 0 Å². The van der Waals surface area contributed by atoms with E-state index in [4.69, 9.17) is 5.11 Å². The van der Waals surface area contributed by atoms with Gasteiger partial charge in [-0.15, -0.1) is 5.10 Å². The van der Waals surface area contributed by atoms with Crippen molar-refractivity contribution in [3.63, 3.8) is 0 Å². The fourth-order valence-electron chi connectivity index (χ4n) is 2.04. The van der Waals surface area contributed by atoms with Gasteiger partial charge in [0.15, 0.2) is 0 Å². The highest BCUT2D eigenvalue weighted by Gasteiger charge is 2.17. The van der Waals surface area contributed by atoms with Gasteiger partial charge in [0, 0.05) is 12.8 Å². The molecule has 4 nitrogen and oxygen atoms in total. The Hall–Kier alpha value is -0.900.